The molecule has 2 rings (SSSR count). The zero-order valence-electron chi connectivity index (χ0n) is 12.9. The van der Waals surface area contributed by atoms with Crippen LogP contribution in [0.1, 0.15) is 32.3 Å². The maximum Gasteiger partial charge on any atom is 0.122 e. The molecule has 0 amide bonds. The molecule has 0 bridgehead atoms. The Morgan fingerprint density at radius 2 is 1.90 bits per heavy atom. The van der Waals surface area contributed by atoms with Gasteiger partial charge in [-0.15, -0.1) is 0 Å². The molecule has 1 aliphatic rings. The van der Waals surface area contributed by atoms with Crippen LogP contribution in [-0.4, -0.2) is 43.7 Å². The molecule has 20 heavy (non-hydrogen) atoms. The number of aryl methyl sites for hydroxylation is 1. The molecule has 1 aliphatic heterocycles. The van der Waals surface area contributed by atoms with Crippen molar-refractivity contribution in [2.24, 2.45) is 0 Å². The Balaban J connectivity index is 1.73. The third-order valence-corrected chi connectivity index (χ3v) is 3.72. The Hall–Kier alpha value is -1.06. The Morgan fingerprint density at radius 3 is 2.65 bits per heavy atom. The highest BCUT2D eigenvalue weighted by molar-refractivity contribution is 5.33. The van der Waals surface area contributed by atoms with Crippen molar-refractivity contribution in [1.29, 1.82) is 0 Å². The summed E-state index contributed by atoms with van der Waals surface area (Å²) in [5, 5.41) is 3.40. The highest BCUT2D eigenvalue weighted by Gasteiger charge is 2.09. The predicted octanol–water partition coefficient (Wildman–Crippen LogP) is 2.70. The minimum atomic E-state index is 0.247. The summed E-state index contributed by atoms with van der Waals surface area (Å²) in [6.45, 7) is 10.1. The second-order valence-corrected chi connectivity index (χ2v) is 5.82. The molecule has 0 aliphatic carbocycles. The van der Waals surface area contributed by atoms with Crippen LogP contribution in [0.4, 0.5) is 0 Å². The van der Waals surface area contributed by atoms with Crippen LogP contribution in [0.15, 0.2) is 24.3 Å². The second-order valence-electron chi connectivity index (χ2n) is 5.82. The molecule has 1 fully saturated rings. The smallest absolute Gasteiger partial charge is 0.122 e. The number of nitrogens with one attached hydrogen (secondary N) is 1. The lowest BCUT2D eigenvalue weighted by molar-refractivity contribution is 0.234. The third kappa shape index (κ3) is 5.14. The van der Waals surface area contributed by atoms with E-state index in [2.05, 4.69) is 48.3 Å². The lowest BCUT2D eigenvalue weighted by atomic mass is 10.1. The molecule has 1 aromatic carbocycles. The molecule has 1 aromatic rings. The van der Waals surface area contributed by atoms with Crippen LogP contribution in [0.5, 0.6) is 5.75 Å². The van der Waals surface area contributed by atoms with E-state index < -0.39 is 0 Å². The van der Waals surface area contributed by atoms with E-state index in [-0.39, 0.29) is 6.10 Å². The first-order valence-corrected chi connectivity index (χ1v) is 7.93. The quantitative estimate of drug-likeness (QED) is 0.775. The van der Waals surface area contributed by atoms with Crippen LogP contribution in [0.3, 0.4) is 0 Å². The van der Waals surface area contributed by atoms with E-state index in [4.69, 9.17) is 4.74 Å². The van der Waals surface area contributed by atoms with E-state index in [0.29, 0.717) is 0 Å². The van der Waals surface area contributed by atoms with E-state index in [1.165, 1.54) is 38.0 Å². The molecule has 0 atom stereocenters. The van der Waals surface area contributed by atoms with Crippen molar-refractivity contribution in [2.45, 2.75) is 39.2 Å². The summed E-state index contributed by atoms with van der Waals surface area (Å²) in [5.74, 6) is 1.06. The number of ether oxygens (including phenoxy) is 1. The maximum atomic E-state index is 5.87. The van der Waals surface area contributed by atoms with Gasteiger partial charge in [0.25, 0.3) is 0 Å². The highest BCUT2D eigenvalue weighted by atomic mass is 16.5. The molecular formula is C17H28N2O. The van der Waals surface area contributed by atoms with Crippen LogP contribution in [-0.2, 0) is 6.42 Å². The van der Waals surface area contributed by atoms with Gasteiger partial charge < -0.3 is 15.0 Å². The number of benzene rings is 1. The van der Waals surface area contributed by atoms with Gasteiger partial charge in [-0.05, 0) is 51.3 Å². The first-order valence-electron chi connectivity index (χ1n) is 7.93. The fourth-order valence-electron chi connectivity index (χ4n) is 2.66. The lowest BCUT2D eigenvalue weighted by Gasteiger charge is -2.27. The molecule has 0 unspecified atom stereocenters. The van der Waals surface area contributed by atoms with E-state index >= 15 is 0 Å². The summed E-state index contributed by atoms with van der Waals surface area (Å²) in [7, 11) is 0. The largest absolute Gasteiger partial charge is 0.491 e. The number of nitrogens with zero attached hydrogens (tertiary/aromatic N) is 1. The van der Waals surface area contributed by atoms with Gasteiger partial charge in [-0.1, -0.05) is 18.2 Å². The van der Waals surface area contributed by atoms with Crippen LogP contribution < -0.4 is 10.1 Å². The van der Waals surface area contributed by atoms with Gasteiger partial charge in [0.05, 0.1) is 6.10 Å². The summed E-state index contributed by atoms with van der Waals surface area (Å²) in [6.07, 6.45) is 3.88. The minimum Gasteiger partial charge on any atom is -0.491 e. The average Bonchev–Trinajstić information content (AvgIpc) is 2.46. The Bertz CT molecular complexity index is 386. The van der Waals surface area contributed by atoms with E-state index in [9.17, 15) is 0 Å². The SMILES string of the molecule is CC(C)Oc1ccccc1CCCCN1CCNCC1. The highest BCUT2D eigenvalue weighted by Crippen LogP contribution is 2.21. The lowest BCUT2D eigenvalue weighted by Crippen LogP contribution is -2.43. The maximum absolute atomic E-state index is 5.87. The van der Waals surface area contributed by atoms with Gasteiger partial charge in [-0.2, -0.15) is 0 Å². The van der Waals surface area contributed by atoms with E-state index in [1.807, 2.05) is 0 Å². The number of piperazine rings is 1. The number of hydrogen-bond donors (Lipinski definition) is 1. The standard InChI is InChI=1S/C17H28N2O/c1-15(2)20-17-9-4-3-7-16(17)8-5-6-12-19-13-10-18-11-14-19/h3-4,7,9,15,18H,5-6,8,10-14H2,1-2H3. The number of para-hydroxylation sites is 1. The summed E-state index contributed by atoms with van der Waals surface area (Å²) in [4.78, 5) is 2.56. The summed E-state index contributed by atoms with van der Waals surface area (Å²) in [6, 6.07) is 8.45. The second kappa shape index (κ2) is 8.28. The van der Waals surface area contributed by atoms with Gasteiger partial charge in [-0.3, -0.25) is 0 Å². The van der Waals surface area contributed by atoms with Crippen molar-refractivity contribution in [2.75, 3.05) is 32.7 Å². The number of unbranched alkanes of at least 4 members (excludes halogenated alkanes) is 1. The fraction of sp³-hybridized carbons (Fsp3) is 0.647. The normalized spacial score (nSPS) is 16.6. The van der Waals surface area contributed by atoms with Gasteiger partial charge in [0.2, 0.25) is 0 Å². The van der Waals surface area contributed by atoms with Crippen molar-refractivity contribution in [3.8, 4) is 5.75 Å². The van der Waals surface area contributed by atoms with Crippen molar-refractivity contribution >= 4 is 0 Å². The van der Waals surface area contributed by atoms with Gasteiger partial charge in [-0.25, -0.2) is 0 Å². The molecule has 1 N–H and O–H groups in total. The van der Waals surface area contributed by atoms with Gasteiger partial charge >= 0.3 is 0 Å². The first-order chi connectivity index (χ1) is 9.75. The molecule has 0 spiro atoms. The molecule has 3 nitrogen and oxygen atoms in total. The topological polar surface area (TPSA) is 24.5 Å². The molecule has 3 heteroatoms. The summed E-state index contributed by atoms with van der Waals surface area (Å²) < 4.78 is 5.87. The average molecular weight is 276 g/mol. The monoisotopic (exact) mass is 276 g/mol. The minimum absolute atomic E-state index is 0.247. The van der Waals surface area contributed by atoms with Crippen molar-refractivity contribution < 1.29 is 4.74 Å². The third-order valence-electron chi connectivity index (χ3n) is 3.72. The molecule has 1 saturated heterocycles. The van der Waals surface area contributed by atoms with E-state index in [1.54, 1.807) is 0 Å². The molecular weight excluding hydrogens is 248 g/mol. The Morgan fingerprint density at radius 1 is 1.15 bits per heavy atom. The van der Waals surface area contributed by atoms with Gasteiger partial charge in [0.15, 0.2) is 0 Å². The Kier molecular flexibility index (Phi) is 6.34. The van der Waals surface area contributed by atoms with E-state index in [0.717, 1.165) is 25.3 Å². The molecule has 0 aromatic heterocycles. The fourth-order valence-corrected chi connectivity index (χ4v) is 2.66. The molecule has 1 heterocycles. The first kappa shape index (κ1) is 15.3. The van der Waals surface area contributed by atoms with Gasteiger partial charge in [0.1, 0.15) is 5.75 Å². The van der Waals surface area contributed by atoms with Crippen LogP contribution >= 0.6 is 0 Å². The Labute approximate surface area is 123 Å². The van der Waals surface area contributed by atoms with Crippen LogP contribution in [0.2, 0.25) is 0 Å². The molecule has 0 radical (unpaired) electrons. The molecule has 0 saturated carbocycles. The van der Waals surface area contributed by atoms with Crippen LogP contribution in [0.25, 0.3) is 0 Å². The number of rotatable bonds is 7. The zero-order valence-corrected chi connectivity index (χ0v) is 12.9. The zero-order chi connectivity index (χ0) is 14.2. The molecule has 112 valence electrons. The summed E-state index contributed by atoms with van der Waals surface area (Å²) >= 11 is 0. The van der Waals surface area contributed by atoms with Crippen molar-refractivity contribution in [3.05, 3.63) is 29.8 Å². The van der Waals surface area contributed by atoms with Crippen molar-refractivity contribution in [1.82, 2.24) is 10.2 Å². The van der Waals surface area contributed by atoms with Crippen LogP contribution in [0, 0.1) is 0 Å². The summed E-state index contributed by atoms with van der Waals surface area (Å²) in [5.41, 5.74) is 1.35. The van der Waals surface area contributed by atoms with Gasteiger partial charge in [0, 0.05) is 26.2 Å². The number of hydrogen-bond acceptors (Lipinski definition) is 3. The predicted molar refractivity (Wildman–Crippen MR) is 84.5 cm³/mol. The van der Waals surface area contributed by atoms with Crippen molar-refractivity contribution in [3.63, 3.8) is 0 Å².